The van der Waals surface area contributed by atoms with E-state index in [0.717, 1.165) is 32.3 Å². The van der Waals surface area contributed by atoms with Gasteiger partial charge >= 0.3 is 0 Å². The second-order valence-corrected chi connectivity index (χ2v) is 3.72. The molecule has 1 rings (SSSR count). The third kappa shape index (κ3) is 2.44. The van der Waals surface area contributed by atoms with Gasteiger partial charge in [-0.2, -0.15) is 0 Å². The fourth-order valence-electron chi connectivity index (χ4n) is 1.77. The Morgan fingerprint density at radius 1 is 1.42 bits per heavy atom. The lowest BCUT2D eigenvalue weighted by atomic mass is 9.81. The SMILES string of the molecule is CCOC1CCC(N)(CN)CC1. The predicted octanol–water partition coefficient (Wildman–Crippen LogP) is 0.622. The van der Waals surface area contributed by atoms with E-state index in [1.807, 2.05) is 6.92 Å². The van der Waals surface area contributed by atoms with E-state index >= 15 is 0 Å². The molecule has 0 unspecified atom stereocenters. The van der Waals surface area contributed by atoms with Gasteiger partial charge in [0.2, 0.25) is 0 Å². The van der Waals surface area contributed by atoms with Crippen LogP contribution in [0.3, 0.4) is 0 Å². The van der Waals surface area contributed by atoms with Crippen LogP contribution in [-0.2, 0) is 4.74 Å². The predicted molar refractivity (Wildman–Crippen MR) is 49.9 cm³/mol. The normalized spacial score (nSPS) is 36.8. The average Bonchev–Trinajstić information content (AvgIpc) is 2.10. The van der Waals surface area contributed by atoms with Gasteiger partial charge in [0.1, 0.15) is 0 Å². The Hall–Kier alpha value is -0.120. The molecule has 1 saturated carbocycles. The van der Waals surface area contributed by atoms with Crippen LogP contribution in [0.1, 0.15) is 32.6 Å². The van der Waals surface area contributed by atoms with Crippen molar-refractivity contribution in [2.75, 3.05) is 13.2 Å². The molecule has 0 bridgehead atoms. The van der Waals surface area contributed by atoms with Crippen LogP contribution in [0.5, 0.6) is 0 Å². The summed E-state index contributed by atoms with van der Waals surface area (Å²) in [6.45, 7) is 3.45. The molecule has 1 aliphatic carbocycles. The first-order valence-corrected chi connectivity index (χ1v) is 4.81. The van der Waals surface area contributed by atoms with Crippen molar-refractivity contribution >= 4 is 0 Å². The van der Waals surface area contributed by atoms with Gasteiger partial charge in [0.15, 0.2) is 0 Å². The molecule has 12 heavy (non-hydrogen) atoms. The molecule has 3 heteroatoms. The third-order valence-electron chi connectivity index (χ3n) is 2.74. The van der Waals surface area contributed by atoms with E-state index in [1.54, 1.807) is 0 Å². The van der Waals surface area contributed by atoms with E-state index in [9.17, 15) is 0 Å². The van der Waals surface area contributed by atoms with E-state index in [-0.39, 0.29) is 5.54 Å². The van der Waals surface area contributed by atoms with E-state index in [0.29, 0.717) is 12.6 Å². The van der Waals surface area contributed by atoms with Crippen LogP contribution in [0.15, 0.2) is 0 Å². The lowest BCUT2D eigenvalue weighted by Crippen LogP contribution is -2.50. The summed E-state index contributed by atoms with van der Waals surface area (Å²) in [6.07, 6.45) is 4.59. The quantitative estimate of drug-likeness (QED) is 0.656. The van der Waals surface area contributed by atoms with Gasteiger partial charge in [-0.05, 0) is 32.6 Å². The Morgan fingerprint density at radius 2 is 2.00 bits per heavy atom. The molecule has 1 aliphatic rings. The van der Waals surface area contributed by atoms with Gasteiger partial charge in [0, 0.05) is 18.7 Å². The molecule has 1 fully saturated rings. The van der Waals surface area contributed by atoms with Crippen molar-refractivity contribution in [3.8, 4) is 0 Å². The summed E-state index contributed by atoms with van der Waals surface area (Å²) in [4.78, 5) is 0. The second-order valence-electron chi connectivity index (χ2n) is 3.72. The molecule has 0 heterocycles. The number of hydrogen-bond acceptors (Lipinski definition) is 3. The zero-order valence-corrected chi connectivity index (χ0v) is 7.88. The number of rotatable bonds is 3. The van der Waals surface area contributed by atoms with Crippen molar-refractivity contribution < 1.29 is 4.74 Å². The molecule has 72 valence electrons. The minimum absolute atomic E-state index is 0.104. The van der Waals surface area contributed by atoms with E-state index in [2.05, 4.69) is 0 Å². The highest BCUT2D eigenvalue weighted by molar-refractivity contribution is 4.90. The average molecular weight is 172 g/mol. The first-order chi connectivity index (χ1) is 5.70. The molecule has 0 aromatic rings. The molecule has 0 aromatic heterocycles. The van der Waals surface area contributed by atoms with Gasteiger partial charge in [-0.25, -0.2) is 0 Å². The zero-order chi connectivity index (χ0) is 9.03. The summed E-state index contributed by atoms with van der Waals surface area (Å²) >= 11 is 0. The highest BCUT2D eigenvalue weighted by Crippen LogP contribution is 2.26. The van der Waals surface area contributed by atoms with E-state index < -0.39 is 0 Å². The van der Waals surface area contributed by atoms with Crippen molar-refractivity contribution in [1.82, 2.24) is 0 Å². The summed E-state index contributed by atoms with van der Waals surface area (Å²) in [7, 11) is 0. The standard InChI is InChI=1S/C9H20N2O/c1-2-12-8-3-5-9(11,7-10)6-4-8/h8H,2-7,10-11H2,1H3. The monoisotopic (exact) mass is 172 g/mol. The number of hydrogen-bond donors (Lipinski definition) is 2. The maximum Gasteiger partial charge on any atom is 0.0576 e. The maximum absolute atomic E-state index is 6.04. The largest absolute Gasteiger partial charge is 0.379 e. The Kier molecular flexibility index (Phi) is 3.50. The third-order valence-corrected chi connectivity index (χ3v) is 2.74. The molecule has 0 amide bonds. The zero-order valence-electron chi connectivity index (χ0n) is 7.88. The molecule has 0 spiro atoms. The van der Waals surface area contributed by atoms with Crippen LogP contribution < -0.4 is 11.5 Å². The first-order valence-electron chi connectivity index (χ1n) is 4.81. The maximum atomic E-state index is 6.04. The topological polar surface area (TPSA) is 61.3 Å². The molecular formula is C9H20N2O. The Balaban J connectivity index is 2.29. The summed E-state index contributed by atoms with van der Waals surface area (Å²) in [5.74, 6) is 0. The second kappa shape index (κ2) is 4.21. The fourth-order valence-corrected chi connectivity index (χ4v) is 1.77. The first kappa shape index (κ1) is 9.96. The molecule has 0 aliphatic heterocycles. The van der Waals surface area contributed by atoms with Crippen LogP contribution in [-0.4, -0.2) is 24.8 Å². The van der Waals surface area contributed by atoms with Gasteiger partial charge < -0.3 is 16.2 Å². The van der Waals surface area contributed by atoms with Crippen LogP contribution in [0.2, 0.25) is 0 Å². The van der Waals surface area contributed by atoms with Crippen molar-refractivity contribution in [2.24, 2.45) is 11.5 Å². The van der Waals surface area contributed by atoms with E-state index in [1.165, 1.54) is 0 Å². The van der Waals surface area contributed by atoms with Crippen LogP contribution in [0.25, 0.3) is 0 Å². The lowest BCUT2D eigenvalue weighted by molar-refractivity contribution is 0.0217. The van der Waals surface area contributed by atoms with Gasteiger partial charge in [-0.3, -0.25) is 0 Å². The Bertz CT molecular complexity index is 130. The summed E-state index contributed by atoms with van der Waals surface area (Å²) in [5, 5.41) is 0. The Morgan fingerprint density at radius 3 is 2.42 bits per heavy atom. The number of nitrogens with two attached hydrogens (primary N) is 2. The summed E-state index contributed by atoms with van der Waals surface area (Å²) in [6, 6.07) is 0. The molecule has 0 aromatic carbocycles. The lowest BCUT2D eigenvalue weighted by Gasteiger charge is -2.35. The number of ether oxygens (including phenoxy) is 1. The van der Waals surface area contributed by atoms with Gasteiger partial charge in [0.25, 0.3) is 0 Å². The molecule has 0 radical (unpaired) electrons. The highest BCUT2D eigenvalue weighted by Gasteiger charge is 2.30. The van der Waals surface area contributed by atoms with Gasteiger partial charge in [-0.1, -0.05) is 0 Å². The fraction of sp³-hybridized carbons (Fsp3) is 1.00. The molecule has 0 saturated heterocycles. The van der Waals surface area contributed by atoms with Crippen LogP contribution in [0, 0.1) is 0 Å². The molecule has 0 atom stereocenters. The van der Waals surface area contributed by atoms with Crippen molar-refractivity contribution in [3.63, 3.8) is 0 Å². The summed E-state index contributed by atoms with van der Waals surface area (Å²) < 4.78 is 5.52. The summed E-state index contributed by atoms with van der Waals surface area (Å²) in [5.41, 5.74) is 11.5. The van der Waals surface area contributed by atoms with Gasteiger partial charge in [0.05, 0.1) is 6.10 Å². The van der Waals surface area contributed by atoms with Gasteiger partial charge in [-0.15, -0.1) is 0 Å². The van der Waals surface area contributed by atoms with Crippen molar-refractivity contribution in [2.45, 2.75) is 44.2 Å². The van der Waals surface area contributed by atoms with Crippen LogP contribution in [0.4, 0.5) is 0 Å². The molecular weight excluding hydrogens is 152 g/mol. The van der Waals surface area contributed by atoms with Crippen molar-refractivity contribution in [3.05, 3.63) is 0 Å². The van der Waals surface area contributed by atoms with E-state index in [4.69, 9.17) is 16.2 Å². The highest BCUT2D eigenvalue weighted by atomic mass is 16.5. The van der Waals surface area contributed by atoms with Crippen molar-refractivity contribution in [1.29, 1.82) is 0 Å². The smallest absolute Gasteiger partial charge is 0.0576 e. The minimum Gasteiger partial charge on any atom is -0.379 e. The minimum atomic E-state index is -0.104. The Labute approximate surface area is 74.4 Å². The van der Waals surface area contributed by atoms with Crippen LogP contribution >= 0.6 is 0 Å². The molecule has 4 N–H and O–H groups in total. The molecule has 3 nitrogen and oxygen atoms in total.